The summed E-state index contributed by atoms with van der Waals surface area (Å²) in [5, 5.41) is -0.00147. The largest absolute Gasteiger partial charge is 0.461 e. The highest BCUT2D eigenvalue weighted by molar-refractivity contribution is 6.74. The summed E-state index contributed by atoms with van der Waals surface area (Å²) in [7, 11) is -2.13. The molecule has 24 heavy (non-hydrogen) atoms. The molecule has 0 aromatic heterocycles. The van der Waals surface area contributed by atoms with Gasteiger partial charge in [-0.2, -0.15) is 0 Å². The van der Waals surface area contributed by atoms with Gasteiger partial charge in [-0.1, -0.05) is 51.1 Å². The van der Waals surface area contributed by atoms with Crippen LogP contribution in [-0.4, -0.2) is 39.2 Å². The normalized spacial score (nSPS) is 30.8. The number of ether oxygens (including phenoxy) is 3. The number of hydrogen-bond acceptors (Lipinski definition) is 5. The zero-order valence-electron chi connectivity index (χ0n) is 14.9. The highest BCUT2D eigenvalue weighted by atomic mass is 28.4. The Morgan fingerprint density at radius 3 is 2.42 bits per heavy atom. The van der Waals surface area contributed by atoms with Crippen molar-refractivity contribution in [3.05, 3.63) is 35.9 Å². The highest BCUT2D eigenvalue weighted by Gasteiger charge is 2.52. The van der Waals surface area contributed by atoms with E-state index in [4.69, 9.17) is 18.6 Å². The molecular weight excluding hydrogens is 324 g/mol. The lowest BCUT2D eigenvalue weighted by Crippen LogP contribution is -2.56. The summed E-state index contributed by atoms with van der Waals surface area (Å²) in [5.41, 5.74) is 0.936. The maximum absolute atomic E-state index is 12.3. The van der Waals surface area contributed by atoms with Gasteiger partial charge in [0.1, 0.15) is 18.8 Å². The van der Waals surface area contributed by atoms with E-state index >= 15 is 0 Å². The molecular formula is C18H26O5Si. The van der Waals surface area contributed by atoms with Crippen LogP contribution in [0, 0.1) is 0 Å². The molecule has 2 aliphatic rings. The first-order chi connectivity index (χ1) is 11.2. The van der Waals surface area contributed by atoms with Gasteiger partial charge in [0.15, 0.2) is 20.7 Å². The Bertz CT molecular complexity index is 595. The van der Waals surface area contributed by atoms with Crippen molar-refractivity contribution in [2.75, 3.05) is 6.61 Å². The van der Waals surface area contributed by atoms with Gasteiger partial charge in [0.2, 0.25) is 0 Å². The summed E-state index contributed by atoms with van der Waals surface area (Å²) in [4.78, 5) is 12.3. The Balaban J connectivity index is 1.79. The summed E-state index contributed by atoms with van der Waals surface area (Å²) < 4.78 is 23.6. The minimum absolute atomic E-state index is 0.00147. The summed E-state index contributed by atoms with van der Waals surface area (Å²) >= 11 is 0. The Labute approximate surface area is 144 Å². The molecule has 0 unspecified atom stereocenters. The first kappa shape index (κ1) is 17.6. The molecule has 0 bridgehead atoms. The van der Waals surface area contributed by atoms with Crippen LogP contribution in [0.2, 0.25) is 18.1 Å². The molecule has 2 heterocycles. The average molecular weight is 350 g/mol. The van der Waals surface area contributed by atoms with E-state index in [2.05, 4.69) is 33.9 Å². The summed E-state index contributed by atoms with van der Waals surface area (Å²) in [6.07, 6.45) is -1.92. The van der Waals surface area contributed by atoms with Crippen LogP contribution in [0.25, 0.3) is 0 Å². The van der Waals surface area contributed by atoms with Gasteiger partial charge in [0.05, 0.1) is 0 Å². The third-order valence-corrected chi connectivity index (χ3v) is 9.62. The van der Waals surface area contributed by atoms with E-state index < -0.39 is 26.8 Å². The van der Waals surface area contributed by atoms with Crippen molar-refractivity contribution in [1.82, 2.24) is 0 Å². The van der Waals surface area contributed by atoms with Crippen LogP contribution < -0.4 is 0 Å². The van der Waals surface area contributed by atoms with E-state index in [0.29, 0.717) is 0 Å². The van der Waals surface area contributed by atoms with E-state index in [1.165, 1.54) is 0 Å². The first-order valence-electron chi connectivity index (χ1n) is 8.39. The number of fused-ring (bicyclic) bond motifs is 1. The monoisotopic (exact) mass is 350 g/mol. The van der Waals surface area contributed by atoms with Gasteiger partial charge < -0.3 is 18.6 Å². The molecule has 0 radical (unpaired) electrons. The number of esters is 1. The standard InChI is InChI=1S/C18H26O5Si/c1-18(2,3)24(4,5)23-15-14-13(11-20-16(15)19)21-17(22-14)12-9-7-6-8-10-12/h6-10,13-15,17H,11H2,1-5H3/t13-,14-,15-,17-/m1/s1. The summed E-state index contributed by atoms with van der Waals surface area (Å²) in [6.45, 7) is 10.9. The minimum atomic E-state index is -2.13. The van der Waals surface area contributed by atoms with Crippen LogP contribution in [0.1, 0.15) is 32.6 Å². The van der Waals surface area contributed by atoms with Gasteiger partial charge in [-0.3, -0.25) is 0 Å². The Morgan fingerprint density at radius 2 is 1.79 bits per heavy atom. The molecule has 2 aliphatic heterocycles. The topological polar surface area (TPSA) is 54.0 Å². The van der Waals surface area contributed by atoms with Crippen molar-refractivity contribution >= 4 is 14.3 Å². The zero-order valence-corrected chi connectivity index (χ0v) is 15.9. The fourth-order valence-electron chi connectivity index (χ4n) is 2.66. The number of rotatable bonds is 3. The van der Waals surface area contributed by atoms with Crippen LogP contribution in [0.15, 0.2) is 30.3 Å². The molecule has 6 heteroatoms. The average Bonchev–Trinajstić information content (AvgIpc) is 2.94. The molecule has 132 valence electrons. The summed E-state index contributed by atoms with van der Waals surface area (Å²) in [6, 6.07) is 9.73. The van der Waals surface area contributed by atoms with Crippen molar-refractivity contribution in [2.24, 2.45) is 0 Å². The second kappa shape index (κ2) is 6.26. The van der Waals surface area contributed by atoms with Crippen LogP contribution in [-0.2, 0) is 23.4 Å². The smallest absolute Gasteiger partial charge is 0.336 e. The SMILES string of the molecule is CC(C)(C)[Si](C)(C)O[C@H]1C(=O)OC[C@H]2O[C@@H](c3ccccc3)O[C@H]21. The molecule has 1 aromatic carbocycles. The number of carbonyl (C=O) groups excluding carboxylic acids is 1. The molecule has 0 aliphatic carbocycles. The molecule has 0 amide bonds. The van der Waals surface area contributed by atoms with Crippen LogP contribution >= 0.6 is 0 Å². The maximum atomic E-state index is 12.3. The fraction of sp³-hybridized carbons (Fsp3) is 0.611. The molecule has 0 spiro atoms. The molecule has 0 saturated carbocycles. The zero-order chi connectivity index (χ0) is 17.5. The van der Waals surface area contributed by atoms with Crippen molar-refractivity contribution < 1.29 is 23.4 Å². The van der Waals surface area contributed by atoms with Crippen molar-refractivity contribution in [3.63, 3.8) is 0 Å². The lowest BCUT2D eigenvalue weighted by molar-refractivity contribution is -0.171. The molecule has 1 aromatic rings. The van der Waals surface area contributed by atoms with E-state index in [1.807, 2.05) is 30.3 Å². The molecule has 5 nitrogen and oxygen atoms in total. The lowest BCUT2D eigenvalue weighted by Gasteiger charge is -2.41. The Hall–Kier alpha value is -1.21. The third-order valence-electron chi connectivity index (χ3n) is 5.17. The predicted octanol–water partition coefficient (Wildman–Crippen LogP) is 3.42. The quantitative estimate of drug-likeness (QED) is 0.618. The number of cyclic esters (lactones) is 1. The fourth-order valence-corrected chi connectivity index (χ4v) is 3.87. The second-order valence-corrected chi connectivity index (χ2v) is 12.7. The predicted molar refractivity (Wildman–Crippen MR) is 92.0 cm³/mol. The minimum Gasteiger partial charge on any atom is -0.461 e. The molecule has 3 rings (SSSR count). The van der Waals surface area contributed by atoms with Gasteiger partial charge in [-0.15, -0.1) is 0 Å². The third kappa shape index (κ3) is 3.28. The number of carbonyl (C=O) groups is 1. The van der Waals surface area contributed by atoms with Crippen molar-refractivity contribution in [2.45, 2.75) is 63.5 Å². The first-order valence-corrected chi connectivity index (χ1v) is 11.3. The summed E-state index contributed by atoms with van der Waals surface area (Å²) in [5.74, 6) is -0.349. The molecule has 2 fully saturated rings. The maximum Gasteiger partial charge on any atom is 0.336 e. The van der Waals surface area contributed by atoms with Gasteiger partial charge in [-0.05, 0) is 18.1 Å². The van der Waals surface area contributed by atoms with Crippen LogP contribution in [0.5, 0.6) is 0 Å². The van der Waals surface area contributed by atoms with Gasteiger partial charge in [-0.25, -0.2) is 4.79 Å². The number of benzene rings is 1. The lowest BCUT2D eigenvalue weighted by atomic mass is 10.1. The van der Waals surface area contributed by atoms with E-state index in [1.54, 1.807) is 0 Å². The van der Waals surface area contributed by atoms with Crippen molar-refractivity contribution in [3.8, 4) is 0 Å². The molecule has 2 saturated heterocycles. The van der Waals surface area contributed by atoms with Crippen molar-refractivity contribution in [1.29, 1.82) is 0 Å². The Morgan fingerprint density at radius 1 is 1.12 bits per heavy atom. The second-order valence-electron chi connectivity index (χ2n) is 7.95. The van der Waals surface area contributed by atoms with E-state index in [0.717, 1.165) is 5.56 Å². The Kier molecular flexibility index (Phi) is 4.59. The van der Waals surface area contributed by atoms with Gasteiger partial charge in [0.25, 0.3) is 0 Å². The highest BCUT2D eigenvalue weighted by Crippen LogP contribution is 2.41. The van der Waals surface area contributed by atoms with Crippen LogP contribution in [0.3, 0.4) is 0 Å². The van der Waals surface area contributed by atoms with E-state index in [9.17, 15) is 4.79 Å². The van der Waals surface area contributed by atoms with Crippen LogP contribution in [0.4, 0.5) is 0 Å². The van der Waals surface area contributed by atoms with Gasteiger partial charge >= 0.3 is 5.97 Å². The molecule has 4 atom stereocenters. The number of hydrogen-bond donors (Lipinski definition) is 0. The van der Waals surface area contributed by atoms with Gasteiger partial charge in [0, 0.05) is 5.56 Å². The molecule has 0 N–H and O–H groups in total. The van der Waals surface area contributed by atoms with E-state index in [-0.39, 0.29) is 23.7 Å².